The molecule has 2 aromatic heterocycles. The number of hydrogen-bond donors (Lipinski definition) is 1. The molecular formula is C22H27N5O3. The van der Waals surface area contributed by atoms with Gasteiger partial charge in [-0.2, -0.15) is 5.10 Å². The fourth-order valence-corrected chi connectivity index (χ4v) is 3.53. The lowest BCUT2D eigenvalue weighted by Crippen LogP contribution is -2.37. The lowest BCUT2D eigenvalue weighted by Gasteiger charge is -2.28. The Kier molecular flexibility index (Phi) is 6.37. The van der Waals surface area contributed by atoms with Crippen molar-refractivity contribution in [1.29, 1.82) is 0 Å². The molecule has 0 aliphatic carbocycles. The molecule has 0 radical (unpaired) electrons. The number of hydrogen-bond acceptors (Lipinski definition) is 7. The first kappa shape index (κ1) is 20.5. The number of benzene rings is 1. The maximum Gasteiger partial charge on any atom is 0.164 e. The molecule has 158 valence electrons. The fourth-order valence-electron chi connectivity index (χ4n) is 3.53. The highest BCUT2D eigenvalue weighted by atomic mass is 16.5. The summed E-state index contributed by atoms with van der Waals surface area (Å²) >= 11 is 0. The van der Waals surface area contributed by atoms with Crippen LogP contribution >= 0.6 is 0 Å². The average Bonchev–Trinajstić information content (AvgIpc) is 3.26. The van der Waals surface area contributed by atoms with Crippen molar-refractivity contribution in [3.05, 3.63) is 54.0 Å². The van der Waals surface area contributed by atoms with Crippen molar-refractivity contribution in [2.45, 2.75) is 19.4 Å². The molecular weight excluding hydrogens is 382 g/mol. The van der Waals surface area contributed by atoms with Gasteiger partial charge in [-0.15, -0.1) is 0 Å². The van der Waals surface area contributed by atoms with Crippen LogP contribution in [0, 0.1) is 0 Å². The molecule has 0 saturated carbocycles. The number of aromatic nitrogens is 4. The van der Waals surface area contributed by atoms with Crippen LogP contribution < -0.4 is 4.90 Å². The van der Waals surface area contributed by atoms with E-state index in [1.165, 1.54) is 0 Å². The predicted octanol–water partition coefficient (Wildman–Crippen LogP) is 2.41. The van der Waals surface area contributed by atoms with E-state index in [0.29, 0.717) is 24.9 Å². The van der Waals surface area contributed by atoms with Crippen LogP contribution in [0.25, 0.3) is 17.1 Å². The largest absolute Gasteiger partial charge is 0.393 e. The van der Waals surface area contributed by atoms with Crippen LogP contribution in [-0.4, -0.2) is 64.9 Å². The number of aliphatic hydroxyl groups excluding tert-OH is 1. The highest BCUT2D eigenvalue weighted by Crippen LogP contribution is 2.25. The van der Waals surface area contributed by atoms with E-state index in [4.69, 9.17) is 19.6 Å². The quantitative estimate of drug-likeness (QED) is 0.641. The minimum Gasteiger partial charge on any atom is -0.393 e. The van der Waals surface area contributed by atoms with Crippen molar-refractivity contribution in [3.63, 3.8) is 0 Å². The number of nitrogens with zero attached hydrogens (tertiary/aromatic N) is 5. The summed E-state index contributed by atoms with van der Waals surface area (Å²) in [6.45, 7) is 4.71. The first-order valence-electron chi connectivity index (χ1n) is 10.2. The van der Waals surface area contributed by atoms with Gasteiger partial charge in [0.15, 0.2) is 11.6 Å². The highest BCUT2D eigenvalue weighted by molar-refractivity contribution is 5.60. The first-order chi connectivity index (χ1) is 14.7. The molecule has 8 heteroatoms. The Balaban J connectivity index is 1.81. The van der Waals surface area contributed by atoms with Crippen LogP contribution in [-0.2, 0) is 15.9 Å². The van der Waals surface area contributed by atoms with Gasteiger partial charge in [0, 0.05) is 37.5 Å². The Morgan fingerprint density at radius 1 is 1.10 bits per heavy atom. The van der Waals surface area contributed by atoms with E-state index in [1.807, 2.05) is 41.1 Å². The Bertz CT molecular complexity index is 966. The molecule has 8 nitrogen and oxygen atoms in total. The monoisotopic (exact) mass is 409 g/mol. The normalized spacial score (nSPS) is 15.4. The Morgan fingerprint density at radius 3 is 2.50 bits per heavy atom. The van der Waals surface area contributed by atoms with E-state index in [0.717, 1.165) is 42.3 Å². The zero-order valence-corrected chi connectivity index (χ0v) is 17.4. The van der Waals surface area contributed by atoms with Crippen molar-refractivity contribution >= 4 is 5.82 Å². The van der Waals surface area contributed by atoms with E-state index in [1.54, 1.807) is 7.11 Å². The molecule has 1 saturated heterocycles. The molecule has 0 spiro atoms. The molecule has 4 rings (SSSR count). The Labute approximate surface area is 176 Å². The second kappa shape index (κ2) is 9.34. The maximum atomic E-state index is 9.73. The molecule has 1 fully saturated rings. The van der Waals surface area contributed by atoms with Crippen molar-refractivity contribution in [2.75, 3.05) is 44.9 Å². The summed E-state index contributed by atoms with van der Waals surface area (Å²) in [7, 11) is 1.55. The van der Waals surface area contributed by atoms with E-state index in [2.05, 4.69) is 22.9 Å². The molecule has 1 atom stereocenters. The van der Waals surface area contributed by atoms with Gasteiger partial charge in [-0.3, -0.25) is 0 Å². The van der Waals surface area contributed by atoms with E-state index in [9.17, 15) is 5.11 Å². The number of rotatable bonds is 7. The zero-order valence-electron chi connectivity index (χ0n) is 17.4. The zero-order chi connectivity index (χ0) is 20.9. The van der Waals surface area contributed by atoms with Crippen LogP contribution in [0.2, 0.25) is 0 Å². The van der Waals surface area contributed by atoms with Crippen molar-refractivity contribution < 1.29 is 14.6 Å². The topological polar surface area (TPSA) is 85.5 Å². The molecule has 0 amide bonds. The second-order valence-corrected chi connectivity index (χ2v) is 7.10. The third-order valence-electron chi connectivity index (χ3n) is 5.22. The molecule has 0 bridgehead atoms. The summed E-state index contributed by atoms with van der Waals surface area (Å²) in [5, 5.41) is 14.6. The lowest BCUT2D eigenvalue weighted by molar-refractivity contribution is 0.0422. The number of aliphatic hydroxyl groups is 1. The van der Waals surface area contributed by atoms with Gasteiger partial charge in [-0.1, -0.05) is 37.3 Å². The number of methoxy groups -OCH3 is 1. The van der Waals surface area contributed by atoms with Crippen LogP contribution in [0.1, 0.15) is 24.5 Å². The van der Waals surface area contributed by atoms with Crippen LogP contribution in [0.3, 0.4) is 0 Å². The summed E-state index contributed by atoms with van der Waals surface area (Å²) < 4.78 is 12.7. The molecule has 3 heterocycles. The third-order valence-corrected chi connectivity index (χ3v) is 5.22. The molecule has 1 N–H and O–H groups in total. The van der Waals surface area contributed by atoms with Gasteiger partial charge in [-0.05, 0) is 12.5 Å². The third kappa shape index (κ3) is 4.21. The summed E-state index contributed by atoms with van der Waals surface area (Å²) in [5.41, 5.74) is 2.99. The van der Waals surface area contributed by atoms with Crippen molar-refractivity contribution in [2.24, 2.45) is 0 Å². The van der Waals surface area contributed by atoms with E-state index < -0.39 is 6.10 Å². The summed E-state index contributed by atoms with van der Waals surface area (Å²) in [6, 6.07) is 14.1. The van der Waals surface area contributed by atoms with Gasteiger partial charge < -0.3 is 19.5 Å². The Morgan fingerprint density at radius 2 is 1.83 bits per heavy atom. The smallest absolute Gasteiger partial charge is 0.164 e. The minimum atomic E-state index is -0.598. The summed E-state index contributed by atoms with van der Waals surface area (Å²) in [6.07, 6.45) is 0.207. The van der Waals surface area contributed by atoms with Gasteiger partial charge >= 0.3 is 0 Å². The number of ether oxygens (including phenoxy) is 2. The minimum absolute atomic E-state index is 0.197. The van der Waals surface area contributed by atoms with Crippen LogP contribution in [0.15, 0.2) is 42.5 Å². The lowest BCUT2D eigenvalue weighted by atomic mass is 10.1. The highest BCUT2D eigenvalue weighted by Gasteiger charge is 2.21. The standard InChI is InChI=1S/C22H27N5O3/c1-3-17-13-18(16-7-5-4-6-8-16)25-27(17)21-14-20(26-9-11-30-12-10-26)23-22(24-21)19(15-28)29-2/h4-8,13-14,19,28H,3,9-12,15H2,1-2H3/t19-/m1/s1. The van der Waals surface area contributed by atoms with Crippen LogP contribution in [0.4, 0.5) is 5.82 Å². The second-order valence-electron chi connectivity index (χ2n) is 7.10. The molecule has 1 aliphatic heterocycles. The molecule has 1 aromatic carbocycles. The first-order valence-corrected chi connectivity index (χ1v) is 10.2. The van der Waals surface area contributed by atoms with Gasteiger partial charge in [0.25, 0.3) is 0 Å². The van der Waals surface area contributed by atoms with Gasteiger partial charge in [-0.25, -0.2) is 14.6 Å². The average molecular weight is 409 g/mol. The molecule has 3 aromatic rings. The Hall–Kier alpha value is -2.81. The number of anilines is 1. The van der Waals surface area contributed by atoms with Gasteiger partial charge in [0.1, 0.15) is 11.9 Å². The summed E-state index contributed by atoms with van der Waals surface area (Å²) in [5.74, 6) is 1.89. The van der Waals surface area contributed by atoms with Crippen molar-refractivity contribution in [1.82, 2.24) is 19.7 Å². The fraction of sp³-hybridized carbons (Fsp3) is 0.409. The molecule has 0 unspecified atom stereocenters. The maximum absolute atomic E-state index is 9.73. The molecule has 30 heavy (non-hydrogen) atoms. The number of morpholine rings is 1. The van der Waals surface area contributed by atoms with Crippen molar-refractivity contribution in [3.8, 4) is 17.1 Å². The summed E-state index contributed by atoms with van der Waals surface area (Å²) in [4.78, 5) is 11.5. The van der Waals surface area contributed by atoms with Crippen LogP contribution in [0.5, 0.6) is 0 Å². The van der Waals surface area contributed by atoms with Gasteiger partial charge in [0.2, 0.25) is 0 Å². The van der Waals surface area contributed by atoms with E-state index in [-0.39, 0.29) is 6.61 Å². The predicted molar refractivity (Wildman–Crippen MR) is 114 cm³/mol. The van der Waals surface area contributed by atoms with E-state index >= 15 is 0 Å². The van der Waals surface area contributed by atoms with Gasteiger partial charge in [0.05, 0.1) is 25.5 Å². The molecule has 1 aliphatic rings. The SMILES string of the molecule is CCc1cc(-c2ccccc2)nn1-c1cc(N2CCOCC2)nc([C@@H](CO)OC)n1. The number of aryl methyl sites for hydroxylation is 1.